The van der Waals surface area contributed by atoms with Gasteiger partial charge in [0.1, 0.15) is 22.8 Å². The number of carbonyl (C=O) groups is 1. The number of benzene rings is 1. The molecule has 4 rings (SSSR count). The first kappa shape index (κ1) is 18.6. The minimum absolute atomic E-state index is 0.0261. The zero-order valence-corrected chi connectivity index (χ0v) is 16.0. The lowest BCUT2D eigenvalue weighted by Crippen LogP contribution is -2.39. The van der Waals surface area contributed by atoms with E-state index >= 15 is 0 Å². The van der Waals surface area contributed by atoms with Crippen molar-refractivity contribution in [2.75, 3.05) is 0 Å². The molecule has 2 atom stereocenters. The van der Waals surface area contributed by atoms with Crippen LogP contribution in [0, 0.1) is 11.7 Å². The van der Waals surface area contributed by atoms with E-state index in [2.05, 4.69) is 9.98 Å². The summed E-state index contributed by atoms with van der Waals surface area (Å²) in [7, 11) is 0. The Morgan fingerprint density at radius 2 is 2.21 bits per heavy atom. The van der Waals surface area contributed by atoms with Crippen LogP contribution in [0.15, 0.2) is 53.4 Å². The van der Waals surface area contributed by atoms with E-state index in [1.165, 1.54) is 12.3 Å². The van der Waals surface area contributed by atoms with Gasteiger partial charge in [-0.25, -0.2) is 9.38 Å². The molecule has 0 fully saturated rings. The van der Waals surface area contributed by atoms with Gasteiger partial charge in [0.05, 0.1) is 5.02 Å². The summed E-state index contributed by atoms with van der Waals surface area (Å²) in [5.74, 6) is 0.100. The summed E-state index contributed by atoms with van der Waals surface area (Å²) in [5.41, 5.74) is 6.38. The van der Waals surface area contributed by atoms with Gasteiger partial charge in [-0.3, -0.25) is 9.78 Å². The number of halogens is 2. The highest BCUT2D eigenvalue weighted by atomic mass is 35.5. The summed E-state index contributed by atoms with van der Waals surface area (Å²) in [6.45, 7) is 1.86. The van der Waals surface area contributed by atoms with E-state index in [1.807, 2.05) is 13.0 Å². The average Bonchev–Trinajstić information content (AvgIpc) is 3.13. The minimum atomic E-state index is -0.883. The SMILES string of the molecule is C[C@]1(c2cc(CC(=O)c3ccc(Cl)cn3)ccc2F)N=C(N)OC2=CCCC21. The topological polar surface area (TPSA) is 77.6 Å². The van der Waals surface area contributed by atoms with Crippen molar-refractivity contribution in [1.82, 2.24) is 4.98 Å². The number of Topliss-reactive ketones (excluding diaryl/α,β-unsaturated/α-hetero) is 1. The number of ketones is 1. The molecule has 0 radical (unpaired) electrons. The van der Waals surface area contributed by atoms with Gasteiger partial charge in [-0.15, -0.1) is 0 Å². The van der Waals surface area contributed by atoms with Crippen molar-refractivity contribution in [1.29, 1.82) is 0 Å². The molecule has 1 aromatic carbocycles. The second-order valence-corrected chi connectivity index (χ2v) is 7.65. The zero-order chi connectivity index (χ0) is 19.9. The molecule has 2 aliphatic rings. The predicted octanol–water partition coefficient (Wildman–Crippen LogP) is 4.15. The van der Waals surface area contributed by atoms with Crippen molar-refractivity contribution in [3.8, 4) is 0 Å². The van der Waals surface area contributed by atoms with Gasteiger partial charge in [0, 0.05) is 24.1 Å². The molecule has 1 aliphatic heterocycles. The van der Waals surface area contributed by atoms with E-state index in [9.17, 15) is 9.18 Å². The fraction of sp³-hybridized carbons (Fsp3) is 0.286. The molecule has 144 valence electrons. The molecule has 0 spiro atoms. The van der Waals surface area contributed by atoms with Gasteiger partial charge in [0.25, 0.3) is 6.02 Å². The van der Waals surface area contributed by atoms with Crippen LogP contribution in [0.5, 0.6) is 0 Å². The second-order valence-electron chi connectivity index (χ2n) is 7.21. The molecule has 0 saturated heterocycles. The standard InChI is InChI=1S/C21H19ClFN3O2/c1-21(14-3-2-4-19(14)28-20(24)26-21)15-9-12(5-7-16(15)23)10-18(27)17-8-6-13(22)11-25-17/h4-9,11,14H,2-3,10H2,1H3,(H2,24,26)/t14?,21-/m0/s1. The van der Waals surface area contributed by atoms with Crippen molar-refractivity contribution < 1.29 is 13.9 Å². The number of pyridine rings is 1. The molecular formula is C21H19ClFN3O2. The van der Waals surface area contributed by atoms with Crippen LogP contribution in [0.1, 0.15) is 41.4 Å². The van der Waals surface area contributed by atoms with Crippen molar-refractivity contribution >= 4 is 23.4 Å². The van der Waals surface area contributed by atoms with Gasteiger partial charge >= 0.3 is 0 Å². The first-order chi connectivity index (χ1) is 13.4. The van der Waals surface area contributed by atoms with E-state index in [0.29, 0.717) is 21.8 Å². The van der Waals surface area contributed by atoms with Gasteiger partial charge < -0.3 is 10.5 Å². The lowest BCUT2D eigenvalue weighted by molar-refractivity contribution is 0.0988. The summed E-state index contributed by atoms with van der Waals surface area (Å²) in [6, 6.07) is 7.90. The molecule has 5 nitrogen and oxygen atoms in total. The number of nitrogens with two attached hydrogens (primary N) is 1. The molecule has 1 unspecified atom stereocenters. The Morgan fingerprint density at radius 3 is 2.96 bits per heavy atom. The molecule has 0 saturated carbocycles. The molecule has 2 N–H and O–H groups in total. The Hall–Kier alpha value is -2.73. The van der Waals surface area contributed by atoms with E-state index in [-0.39, 0.29) is 30.0 Å². The molecule has 0 amide bonds. The van der Waals surface area contributed by atoms with Crippen LogP contribution in [0.25, 0.3) is 0 Å². The largest absolute Gasteiger partial charge is 0.431 e. The number of hydrogen-bond acceptors (Lipinski definition) is 5. The van der Waals surface area contributed by atoms with Gasteiger partial charge in [0.15, 0.2) is 5.78 Å². The van der Waals surface area contributed by atoms with E-state index in [0.717, 1.165) is 18.6 Å². The molecule has 1 aromatic heterocycles. The smallest absolute Gasteiger partial charge is 0.288 e. The molecular weight excluding hydrogens is 381 g/mol. The number of rotatable bonds is 4. The van der Waals surface area contributed by atoms with Crippen LogP contribution >= 0.6 is 11.6 Å². The highest BCUT2D eigenvalue weighted by Crippen LogP contribution is 2.47. The summed E-state index contributed by atoms with van der Waals surface area (Å²) >= 11 is 5.82. The Kier molecular flexibility index (Phi) is 4.67. The third-order valence-electron chi connectivity index (χ3n) is 5.34. The Balaban J connectivity index is 1.67. The highest BCUT2D eigenvalue weighted by molar-refractivity contribution is 6.30. The maximum atomic E-state index is 14.8. The molecule has 0 bridgehead atoms. The number of allylic oxidation sites excluding steroid dienone is 1. The lowest BCUT2D eigenvalue weighted by Gasteiger charge is -2.37. The Bertz CT molecular complexity index is 1000. The fourth-order valence-electron chi connectivity index (χ4n) is 3.93. The van der Waals surface area contributed by atoms with E-state index < -0.39 is 5.54 Å². The van der Waals surface area contributed by atoms with Gasteiger partial charge in [-0.2, -0.15) is 0 Å². The Morgan fingerprint density at radius 1 is 1.39 bits per heavy atom. The first-order valence-corrected chi connectivity index (χ1v) is 9.41. The molecule has 28 heavy (non-hydrogen) atoms. The summed E-state index contributed by atoms with van der Waals surface area (Å²) in [4.78, 5) is 21.0. The number of amidine groups is 1. The number of aliphatic imine (C=N–C) groups is 1. The summed E-state index contributed by atoms with van der Waals surface area (Å²) < 4.78 is 20.3. The lowest BCUT2D eigenvalue weighted by atomic mass is 9.77. The molecule has 7 heteroatoms. The number of fused-ring (bicyclic) bond motifs is 1. The van der Waals surface area contributed by atoms with Crippen molar-refractivity contribution in [3.63, 3.8) is 0 Å². The number of ether oxygens (including phenoxy) is 1. The number of nitrogens with zero attached hydrogens (tertiary/aromatic N) is 2. The third kappa shape index (κ3) is 3.29. The van der Waals surface area contributed by atoms with Crippen LogP contribution in [0.3, 0.4) is 0 Å². The van der Waals surface area contributed by atoms with Gasteiger partial charge in [-0.05, 0) is 55.7 Å². The van der Waals surface area contributed by atoms with Crippen LogP contribution in [0.4, 0.5) is 4.39 Å². The zero-order valence-electron chi connectivity index (χ0n) is 15.3. The van der Waals surface area contributed by atoms with E-state index in [1.54, 1.807) is 24.3 Å². The molecule has 1 aliphatic carbocycles. The van der Waals surface area contributed by atoms with Crippen LogP contribution in [0.2, 0.25) is 5.02 Å². The maximum Gasteiger partial charge on any atom is 0.288 e. The first-order valence-electron chi connectivity index (χ1n) is 9.04. The monoisotopic (exact) mass is 399 g/mol. The van der Waals surface area contributed by atoms with Crippen LogP contribution in [-0.2, 0) is 16.7 Å². The maximum absolute atomic E-state index is 14.8. The van der Waals surface area contributed by atoms with Crippen molar-refractivity contribution in [2.45, 2.75) is 31.7 Å². The molecule has 2 heterocycles. The summed E-state index contributed by atoms with van der Waals surface area (Å²) in [6.07, 6.45) is 5.14. The predicted molar refractivity (Wildman–Crippen MR) is 105 cm³/mol. The molecule has 2 aromatic rings. The van der Waals surface area contributed by atoms with Gasteiger partial charge in [0.2, 0.25) is 0 Å². The summed E-state index contributed by atoms with van der Waals surface area (Å²) in [5, 5.41) is 0.462. The van der Waals surface area contributed by atoms with Crippen molar-refractivity contribution in [2.24, 2.45) is 16.6 Å². The highest BCUT2D eigenvalue weighted by Gasteiger charge is 2.46. The quantitative estimate of drug-likeness (QED) is 0.783. The fourth-order valence-corrected chi connectivity index (χ4v) is 4.04. The van der Waals surface area contributed by atoms with Crippen LogP contribution < -0.4 is 5.73 Å². The van der Waals surface area contributed by atoms with Crippen molar-refractivity contribution in [3.05, 3.63) is 76.0 Å². The minimum Gasteiger partial charge on any atom is -0.431 e. The Labute approximate surface area is 167 Å². The number of aromatic nitrogens is 1. The normalized spacial score (nSPS) is 23.5. The third-order valence-corrected chi connectivity index (χ3v) is 5.57. The van der Waals surface area contributed by atoms with E-state index in [4.69, 9.17) is 22.1 Å². The number of carbonyl (C=O) groups excluding carboxylic acids is 1. The van der Waals surface area contributed by atoms with Crippen LogP contribution in [-0.4, -0.2) is 16.8 Å². The average molecular weight is 400 g/mol. The van der Waals surface area contributed by atoms with Gasteiger partial charge in [-0.1, -0.05) is 17.7 Å². The second kappa shape index (κ2) is 7.02. The number of hydrogen-bond donors (Lipinski definition) is 1.